The van der Waals surface area contributed by atoms with Crippen LogP contribution in [-0.2, 0) is 11.3 Å². The molecule has 1 aliphatic heterocycles. The molecule has 23 heavy (non-hydrogen) atoms. The van der Waals surface area contributed by atoms with E-state index in [-0.39, 0.29) is 5.91 Å². The molecule has 0 N–H and O–H groups in total. The van der Waals surface area contributed by atoms with E-state index in [4.69, 9.17) is 9.47 Å². The summed E-state index contributed by atoms with van der Waals surface area (Å²) in [4.78, 5) is 17.0. The van der Waals surface area contributed by atoms with Crippen LogP contribution in [0.2, 0.25) is 0 Å². The lowest BCUT2D eigenvalue weighted by atomic mass is 10.1. The predicted molar refractivity (Wildman–Crippen MR) is 91.0 cm³/mol. The van der Waals surface area contributed by atoms with Crippen molar-refractivity contribution in [2.24, 2.45) is 0 Å². The summed E-state index contributed by atoms with van der Waals surface area (Å²) in [7, 11) is 1.64. The van der Waals surface area contributed by atoms with E-state index in [0.717, 1.165) is 50.5 Å². The Balaban J connectivity index is 2.06. The van der Waals surface area contributed by atoms with Crippen LogP contribution in [-0.4, -0.2) is 62.1 Å². The minimum Gasteiger partial charge on any atom is -0.496 e. The third-order valence-corrected chi connectivity index (χ3v) is 4.24. The number of amides is 1. The quantitative estimate of drug-likeness (QED) is 0.724. The molecule has 1 aliphatic rings. The molecule has 0 saturated carbocycles. The standard InChI is InChI=1S/C18H28N2O3/c1-4-12-23-14-16-13-15(6-7-17(16)22-3)18(21)20-10-8-19(5-2)9-11-20/h6-7,13H,4-5,8-12,14H2,1-3H3. The van der Waals surface area contributed by atoms with Gasteiger partial charge in [-0.3, -0.25) is 4.79 Å². The highest BCUT2D eigenvalue weighted by atomic mass is 16.5. The normalized spacial score (nSPS) is 15.7. The van der Waals surface area contributed by atoms with Gasteiger partial charge in [0, 0.05) is 43.9 Å². The fourth-order valence-electron chi connectivity index (χ4n) is 2.80. The van der Waals surface area contributed by atoms with Gasteiger partial charge in [0.2, 0.25) is 0 Å². The Labute approximate surface area is 139 Å². The number of ether oxygens (including phenoxy) is 2. The second-order valence-electron chi connectivity index (χ2n) is 5.81. The molecule has 2 rings (SSSR count). The zero-order valence-corrected chi connectivity index (χ0v) is 14.5. The molecular formula is C18H28N2O3. The minimum atomic E-state index is 0.0974. The maximum Gasteiger partial charge on any atom is 0.253 e. The van der Waals surface area contributed by atoms with Gasteiger partial charge in [-0.15, -0.1) is 0 Å². The van der Waals surface area contributed by atoms with E-state index in [1.54, 1.807) is 7.11 Å². The van der Waals surface area contributed by atoms with Crippen LogP contribution in [0.4, 0.5) is 0 Å². The average Bonchev–Trinajstić information content (AvgIpc) is 2.61. The van der Waals surface area contributed by atoms with E-state index in [1.807, 2.05) is 23.1 Å². The fourth-order valence-corrected chi connectivity index (χ4v) is 2.80. The van der Waals surface area contributed by atoms with E-state index in [2.05, 4.69) is 18.7 Å². The molecule has 1 amide bonds. The van der Waals surface area contributed by atoms with Crippen molar-refractivity contribution in [1.82, 2.24) is 9.80 Å². The molecule has 1 fully saturated rings. The lowest BCUT2D eigenvalue weighted by molar-refractivity contribution is 0.0643. The molecule has 0 bridgehead atoms. The molecule has 1 aromatic carbocycles. The minimum absolute atomic E-state index is 0.0974. The molecule has 1 heterocycles. The van der Waals surface area contributed by atoms with Crippen molar-refractivity contribution in [3.63, 3.8) is 0 Å². The van der Waals surface area contributed by atoms with Gasteiger partial charge >= 0.3 is 0 Å². The van der Waals surface area contributed by atoms with Gasteiger partial charge in [0.15, 0.2) is 0 Å². The molecular weight excluding hydrogens is 292 g/mol. The Morgan fingerprint density at radius 1 is 1.17 bits per heavy atom. The molecule has 1 saturated heterocycles. The summed E-state index contributed by atoms with van der Waals surface area (Å²) in [6.07, 6.45) is 0.975. The van der Waals surface area contributed by atoms with Crippen LogP contribution in [0.5, 0.6) is 5.75 Å². The summed E-state index contributed by atoms with van der Waals surface area (Å²) < 4.78 is 11.0. The Hall–Kier alpha value is -1.59. The number of methoxy groups -OCH3 is 1. The zero-order chi connectivity index (χ0) is 16.7. The molecule has 5 nitrogen and oxygen atoms in total. The van der Waals surface area contributed by atoms with Crippen molar-refractivity contribution in [3.05, 3.63) is 29.3 Å². The summed E-state index contributed by atoms with van der Waals surface area (Å²) in [5.74, 6) is 0.869. The number of piperazine rings is 1. The average molecular weight is 320 g/mol. The van der Waals surface area contributed by atoms with E-state index in [9.17, 15) is 4.79 Å². The summed E-state index contributed by atoms with van der Waals surface area (Å²) in [5.41, 5.74) is 1.64. The predicted octanol–water partition coefficient (Wildman–Crippen LogP) is 2.40. The highest BCUT2D eigenvalue weighted by Gasteiger charge is 2.22. The SMILES string of the molecule is CCCOCc1cc(C(=O)N2CCN(CC)CC2)ccc1OC. The van der Waals surface area contributed by atoms with Gasteiger partial charge in [-0.25, -0.2) is 0 Å². The lowest BCUT2D eigenvalue weighted by Crippen LogP contribution is -2.48. The van der Waals surface area contributed by atoms with Crippen LogP contribution in [0, 0.1) is 0 Å². The molecule has 5 heteroatoms. The molecule has 1 aromatic rings. The van der Waals surface area contributed by atoms with Crippen molar-refractivity contribution in [2.45, 2.75) is 26.9 Å². The number of benzene rings is 1. The largest absolute Gasteiger partial charge is 0.496 e. The maximum atomic E-state index is 12.7. The van der Waals surface area contributed by atoms with Crippen LogP contribution in [0.3, 0.4) is 0 Å². The number of hydrogen-bond acceptors (Lipinski definition) is 4. The van der Waals surface area contributed by atoms with Crippen molar-refractivity contribution < 1.29 is 14.3 Å². The molecule has 0 radical (unpaired) electrons. The Morgan fingerprint density at radius 3 is 2.52 bits per heavy atom. The smallest absolute Gasteiger partial charge is 0.253 e. The highest BCUT2D eigenvalue weighted by Crippen LogP contribution is 2.22. The second-order valence-corrected chi connectivity index (χ2v) is 5.81. The number of carbonyl (C=O) groups excluding carboxylic acids is 1. The summed E-state index contributed by atoms with van der Waals surface area (Å²) in [6.45, 7) is 9.94. The van der Waals surface area contributed by atoms with E-state index >= 15 is 0 Å². The molecule has 0 aromatic heterocycles. The fraction of sp³-hybridized carbons (Fsp3) is 0.611. The monoisotopic (exact) mass is 320 g/mol. The first kappa shape index (κ1) is 17.8. The van der Waals surface area contributed by atoms with Gasteiger partial charge in [0.1, 0.15) is 5.75 Å². The first-order valence-electron chi connectivity index (χ1n) is 8.45. The maximum absolute atomic E-state index is 12.7. The van der Waals surface area contributed by atoms with Crippen LogP contribution in [0.15, 0.2) is 18.2 Å². The molecule has 0 spiro atoms. The number of rotatable bonds is 7. The van der Waals surface area contributed by atoms with Crippen molar-refractivity contribution in [3.8, 4) is 5.75 Å². The number of hydrogen-bond donors (Lipinski definition) is 0. The van der Waals surface area contributed by atoms with Crippen LogP contribution in [0.25, 0.3) is 0 Å². The summed E-state index contributed by atoms with van der Waals surface area (Å²) >= 11 is 0. The zero-order valence-electron chi connectivity index (χ0n) is 14.5. The summed E-state index contributed by atoms with van der Waals surface area (Å²) in [6, 6.07) is 5.61. The van der Waals surface area contributed by atoms with Crippen molar-refractivity contribution >= 4 is 5.91 Å². The van der Waals surface area contributed by atoms with E-state index in [0.29, 0.717) is 18.8 Å². The van der Waals surface area contributed by atoms with Crippen LogP contribution >= 0.6 is 0 Å². The Morgan fingerprint density at radius 2 is 1.91 bits per heavy atom. The van der Waals surface area contributed by atoms with Crippen molar-refractivity contribution in [1.29, 1.82) is 0 Å². The number of carbonyl (C=O) groups is 1. The van der Waals surface area contributed by atoms with Crippen LogP contribution in [0.1, 0.15) is 36.2 Å². The Kier molecular flexibility index (Phi) is 6.86. The number of likely N-dealkylation sites (N-methyl/N-ethyl adjacent to an activating group) is 1. The molecule has 0 aliphatic carbocycles. The number of nitrogens with zero attached hydrogens (tertiary/aromatic N) is 2. The molecule has 0 atom stereocenters. The van der Waals surface area contributed by atoms with Gasteiger partial charge in [-0.1, -0.05) is 13.8 Å². The molecule has 128 valence electrons. The lowest BCUT2D eigenvalue weighted by Gasteiger charge is -2.34. The van der Waals surface area contributed by atoms with Crippen LogP contribution < -0.4 is 4.74 Å². The van der Waals surface area contributed by atoms with E-state index < -0.39 is 0 Å². The highest BCUT2D eigenvalue weighted by molar-refractivity contribution is 5.94. The third kappa shape index (κ3) is 4.69. The first-order chi connectivity index (χ1) is 11.2. The molecule has 0 unspecified atom stereocenters. The van der Waals surface area contributed by atoms with Gasteiger partial charge in [-0.05, 0) is 31.2 Å². The van der Waals surface area contributed by atoms with Crippen molar-refractivity contribution in [2.75, 3.05) is 46.4 Å². The summed E-state index contributed by atoms with van der Waals surface area (Å²) in [5, 5.41) is 0. The van der Waals surface area contributed by atoms with Gasteiger partial charge < -0.3 is 19.3 Å². The van der Waals surface area contributed by atoms with Gasteiger partial charge in [0.05, 0.1) is 13.7 Å². The first-order valence-corrected chi connectivity index (χ1v) is 8.45. The van der Waals surface area contributed by atoms with Gasteiger partial charge in [0.25, 0.3) is 5.91 Å². The topological polar surface area (TPSA) is 42.0 Å². The Bertz CT molecular complexity index is 511. The van der Waals surface area contributed by atoms with Gasteiger partial charge in [-0.2, -0.15) is 0 Å². The van der Waals surface area contributed by atoms with E-state index in [1.165, 1.54) is 0 Å². The third-order valence-electron chi connectivity index (χ3n) is 4.24. The second kappa shape index (κ2) is 8.89.